The number of esters is 1. The molecule has 0 spiro atoms. The second-order valence-corrected chi connectivity index (χ2v) is 7.80. The topological polar surface area (TPSA) is 75.7 Å². The van der Waals surface area contributed by atoms with Gasteiger partial charge in [-0.25, -0.2) is 13.6 Å². The summed E-state index contributed by atoms with van der Waals surface area (Å²) >= 11 is 0. The zero-order valence-electron chi connectivity index (χ0n) is 14.5. The van der Waals surface area contributed by atoms with Crippen LogP contribution in [-0.2, 0) is 32.7 Å². The lowest BCUT2D eigenvalue weighted by molar-refractivity contribution is -0.142. The van der Waals surface area contributed by atoms with Crippen molar-refractivity contribution in [1.82, 2.24) is 9.03 Å². The van der Waals surface area contributed by atoms with E-state index in [1.165, 1.54) is 0 Å². The summed E-state index contributed by atoms with van der Waals surface area (Å²) in [6, 6.07) is 8.20. The lowest BCUT2D eigenvalue weighted by atomic mass is 10.0. The number of ether oxygens (including phenoxy) is 1. The molecule has 0 saturated carbocycles. The number of nitrogens with one attached hydrogen (secondary N) is 1. The summed E-state index contributed by atoms with van der Waals surface area (Å²) in [6.45, 7) is 0.316. The molecule has 9 heteroatoms. The minimum Gasteiger partial charge on any atom is -0.468 e. The zero-order chi connectivity index (χ0) is 19.6. The van der Waals surface area contributed by atoms with Gasteiger partial charge in [-0.2, -0.15) is 17.4 Å². The van der Waals surface area contributed by atoms with Crippen molar-refractivity contribution >= 4 is 16.2 Å². The lowest BCUT2D eigenvalue weighted by Gasteiger charge is -2.29. The van der Waals surface area contributed by atoms with Crippen LogP contribution in [-0.4, -0.2) is 32.3 Å². The molecule has 0 bridgehead atoms. The zero-order valence-corrected chi connectivity index (χ0v) is 15.3. The van der Waals surface area contributed by atoms with E-state index >= 15 is 0 Å². The minimum absolute atomic E-state index is 0.116. The molecule has 0 aliphatic carbocycles. The van der Waals surface area contributed by atoms with Crippen LogP contribution in [0.25, 0.3) is 0 Å². The van der Waals surface area contributed by atoms with Crippen molar-refractivity contribution in [2.75, 3.05) is 13.7 Å². The Balaban J connectivity index is 1.89. The SMILES string of the molecule is COC(=O)C(NS(=O)(=O)N1CCc2ccccc2C1)c1cc(F)ccc1F. The molecule has 1 atom stereocenters. The highest BCUT2D eigenvalue weighted by atomic mass is 32.2. The molecule has 3 rings (SSSR count). The van der Waals surface area contributed by atoms with Crippen LogP contribution in [0.4, 0.5) is 8.78 Å². The highest BCUT2D eigenvalue weighted by Crippen LogP contribution is 2.24. The van der Waals surface area contributed by atoms with E-state index in [4.69, 9.17) is 0 Å². The molecule has 27 heavy (non-hydrogen) atoms. The van der Waals surface area contributed by atoms with Gasteiger partial charge in [-0.1, -0.05) is 24.3 Å². The molecule has 144 valence electrons. The first-order chi connectivity index (χ1) is 12.8. The molecule has 0 fully saturated rings. The Morgan fingerprint density at radius 2 is 1.89 bits per heavy atom. The van der Waals surface area contributed by atoms with Crippen molar-refractivity contribution in [3.05, 3.63) is 70.8 Å². The second kappa shape index (κ2) is 7.71. The predicted octanol–water partition coefficient (Wildman–Crippen LogP) is 2.07. The Hall–Kier alpha value is -2.36. The Labute approximate surface area is 155 Å². The summed E-state index contributed by atoms with van der Waals surface area (Å²) in [6.07, 6.45) is 0.508. The molecule has 2 aromatic carbocycles. The number of carbonyl (C=O) groups excluding carboxylic acids is 1. The van der Waals surface area contributed by atoms with Crippen LogP contribution in [0.2, 0.25) is 0 Å². The average Bonchev–Trinajstić information content (AvgIpc) is 2.67. The first-order valence-corrected chi connectivity index (χ1v) is 9.63. The fraction of sp³-hybridized carbons (Fsp3) is 0.278. The summed E-state index contributed by atoms with van der Waals surface area (Å²) in [5.74, 6) is -2.76. The highest BCUT2D eigenvalue weighted by Gasteiger charge is 2.34. The van der Waals surface area contributed by atoms with Gasteiger partial charge < -0.3 is 4.74 Å². The van der Waals surface area contributed by atoms with Crippen LogP contribution in [0.1, 0.15) is 22.7 Å². The van der Waals surface area contributed by atoms with Crippen molar-refractivity contribution in [1.29, 1.82) is 0 Å². The quantitative estimate of drug-likeness (QED) is 0.786. The van der Waals surface area contributed by atoms with Gasteiger partial charge in [-0.05, 0) is 35.7 Å². The lowest BCUT2D eigenvalue weighted by Crippen LogP contribution is -2.46. The van der Waals surface area contributed by atoms with Crippen molar-refractivity contribution in [3.8, 4) is 0 Å². The van der Waals surface area contributed by atoms with Gasteiger partial charge in [0.05, 0.1) is 7.11 Å². The molecular formula is C18H18F2N2O4S. The van der Waals surface area contributed by atoms with Crippen LogP contribution in [0.3, 0.4) is 0 Å². The first-order valence-electron chi connectivity index (χ1n) is 8.19. The van der Waals surface area contributed by atoms with Crippen molar-refractivity contribution in [2.45, 2.75) is 19.0 Å². The standard InChI is InChI=1S/C18H18F2N2O4S/c1-26-18(23)17(15-10-14(19)6-7-16(15)20)21-27(24,25)22-9-8-12-4-2-3-5-13(12)11-22/h2-7,10,17,21H,8-9,11H2,1H3. The van der Waals surface area contributed by atoms with Crippen LogP contribution in [0.15, 0.2) is 42.5 Å². The van der Waals surface area contributed by atoms with E-state index in [0.717, 1.165) is 40.7 Å². The van der Waals surface area contributed by atoms with E-state index in [1.54, 1.807) is 0 Å². The van der Waals surface area contributed by atoms with Crippen LogP contribution in [0.5, 0.6) is 0 Å². The summed E-state index contributed by atoms with van der Waals surface area (Å²) in [4.78, 5) is 12.1. The van der Waals surface area contributed by atoms with Crippen LogP contribution in [0, 0.1) is 11.6 Å². The number of hydrogen-bond acceptors (Lipinski definition) is 4. The fourth-order valence-corrected chi connectivity index (χ4v) is 4.30. The largest absolute Gasteiger partial charge is 0.468 e. The number of carbonyl (C=O) groups is 1. The Morgan fingerprint density at radius 1 is 1.19 bits per heavy atom. The Morgan fingerprint density at radius 3 is 2.59 bits per heavy atom. The molecule has 1 aliphatic rings. The van der Waals surface area contributed by atoms with E-state index < -0.39 is 39.4 Å². The maximum Gasteiger partial charge on any atom is 0.328 e. The summed E-state index contributed by atoms with van der Waals surface area (Å²) in [7, 11) is -3.13. The summed E-state index contributed by atoms with van der Waals surface area (Å²) in [5.41, 5.74) is 1.45. The van der Waals surface area contributed by atoms with Crippen molar-refractivity contribution in [2.24, 2.45) is 0 Å². The Kier molecular flexibility index (Phi) is 5.54. The maximum absolute atomic E-state index is 14.1. The van der Waals surface area contributed by atoms with E-state index in [9.17, 15) is 22.0 Å². The molecule has 1 unspecified atom stereocenters. The number of methoxy groups -OCH3 is 1. The van der Waals surface area contributed by atoms with Crippen molar-refractivity contribution < 1.29 is 26.7 Å². The first kappa shape index (κ1) is 19.4. The second-order valence-electron chi connectivity index (χ2n) is 6.10. The molecule has 1 aliphatic heterocycles. The summed E-state index contributed by atoms with van der Waals surface area (Å²) < 4.78 is 61.1. The number of rotatable bonds is 5. The summed E-state index contributed by atoms with van der Waals surface area (Å²) in [5, 5.41) is 0. The molecule has 0 saturated heterocycles. The number of fused-ring (bicyclic) bond motifs is 1. The number of hydrogen-bond donors (Lipinski definition) is 1. The molecular weight excluding hydrogens is 378 g/mol. The van der Waals surface area contributed by atoms with Gasteiger partial charge in [0.15, 0.2) is 0 Å². The maximum atomic E-state index is 14.1. The number of nitrogens with zero attached hydrogens (tertiary/aromatic N) is 1. The normalized spacial score (nSPS) is 15.8. The van der Waals surface area contributed by atoms with Gasteiger partial charge in [0.25, 0.3) is 10.2 Å². The molecule has 1 N–H and O–H groups in total. The molecule has 0 aromatic heterocycles. The van der Waals surface area contributed by atoms with E-state index in [2.05, 4.69) is 9.46 Å². The average molecular weight is 396 g/mol. The van der Waals surface area contributed by atoms with E-state index in [0.29, 0.717) is 6.42 Å². The van der Waals surface area contributed by atoms with Crippen LogP contribution >= 0.6 is 0 Å². The third-order valence-corrected chi connectivity index (χ3v) is 5.93. The predicted molar refractivity (Wildman–Crippen MR) is 93.7 cm³/mol. The third-order valence-electron chi connectivity index (χ3n) is 4.41. The number of halogens is 2. The van der Waals surface area contributed by atoms with Gasteiger partial charge in [-0.15, -0.1) is 0 Å². The van der Waals surface area contributed by atoms with E-state index in [1.807, 2.05) is 24.3 Å². The van der Waals surface area contributed by atoms with Gasteiger partial charge in [0.1, 0.15) is 17.7 Å². The molecule has 2 aromatic rings. The van der Waals surface area contributed by atoms with Gasteiger partial charge in [0, 0.05) is 18.7 Å². The molecule has 0 amide bonds. The minimum atomic E-state index is -4.16. The third kappa shape index (κ3) is 4.15. The number of benzene rings is 2. The van der Waals surface area contributed by atoms with Gasteiger partial charge in [0.2, 0.25) is 0 Å². The molecule has 0 radical (unpaired) electrons. The smallest absolute Gasteiger partial charge is 0.328 e. The highest BCUT2D eigenvalue weighted by molar-refractivity contribution is 7.87. The monoisotopic (exact) mass is 396 g/mol. The van der Waals surface area contributed by atoms with Crippen molar-refractivity contribution in [3.63, 3.8) is 0 Å². The van der Waals surface area contributed by atoms with Gasteiger partial charge in [-0.3, -0.25) is 0 Å². The van der Waals surface area contributed by atoms with E-state index in [-0.39, 0.29) is 13.1 Å². The molecule has 1 heterocycles. The van der Waals surface area contributed by atoms with Gasteiger partial charge >= 0.3 is 5.97 Å². The fourth-order valence-electron chi connectivity index (χ4n) is 2.99. The Bertz CT molecular complexity index is 966. The van der Waals surface area contributed by atoms with Crippen LogP contribution < -0.4 is 4.72 Å². The molecule has 6 nitrogen and oxygen atoms in total.